The molecule has 2 aliphatic heterocycles. The van der Waals surface area contributed by atoms with Crippen molar-refractivity contribution in [1.29, 1.82) is 0 Å². The van der Waals surface area contributed by atoms with Gasteiger partial charge < -0.3 is 20.2 Å². The molecular weight excluding hydrogens is 356 g/mol. The lowest BCUT2D eigenvalue weighted by atomic mass is 10.1. The third-order valence-electron chi connectivity index (χ3n) is 4.97. The molecule has 0 aliphatic carbocycles. The molecule has 2 saturated heterocycles. The molecule has 0 radical (unpaired) electrons. The van der Waals surface area contributed by atoms with Crippen LogP contribution in [0.15, 0.2) is 24.3 Å². The van der Waals surface area contributed by atoms with Gasteiger partial charge >= 0.3 is 6.03 Å². The van der Waals surface area contributed by atoms with Gasteiger partial charge in [-0.15, -0.1) is 0 Å². The van der Waals surface area contributed by atoms with Crippen molar-refractivity contribution >= 4 is 21.7 Å². The lowest BCUT2D eigenvalue weighted by Crippen LogP contribution is -2.56. The Balaban J connectivity index is 1.52. The number of piperazine rings is 1. The number of amides is 2. The van der Waals surface area contributed by atoms with Crippen LogP contribution in [0.25, 0.3) is 0 Å². The van der Waals surface area contributed by atoms with E-state index in [1.54, 1.807) is 17.0 Å². The van der Waals surface area contributed by atoms with E-state index in [0.29, 0.717) is 39.3 Å². The van der Waals surface area contributed by atoms with E-state index in [0.717, 1.165) is 18.5 Å². The highest BCUT2D eigenvalue weighted by atomic mass is 32.2. The summed E-state index contributed by atoms with van der Waals surface area (Å²) in [6.45, 7) is 3.26. The zero-order valence-electron chi connectivity index (χ0n) is 15.0. The molecule has 2 fully saturated rings. The SMILES string of the molecule is CS(=O)(=O)N1CCCC(NC(=O)N2CCN(c3ccccc3O)CC2)C1. The van der Waals surface area contributed by atoms with E-state index in [4.69, 9.17) is 0 Å². The fourth-order valence-corrected chi connectivity index (χ4v) is 4.42. The Labute approximate surface area is 154 Å². The maximum atomic E-state index is 12.5. The van der Waals surface area contributed by atoms with Gasteiger partial charge in [0.25, 0.3) is 0 Å². The van der Waals surface area contributed by atoms with E-state index in [1.165, 1.54) is 10.6 Å². The number of urea groups is 1. The molecule has 2 heterocycles. The molecule has 26 heavy (non-hydrogen) atoms. The molecule has 0 bridgehead atoms. The van der Waals surface area contributed by atoms with Gasteiger partial charge in [0, 0.05) is 45.3 Å². The Morgan fingerprint density at radius 3 is 2.50 bits per heavy atom. The summed E-state index contributed by atoms with van der Waals surface area (Å²) in [6, 6.07) is 6.89. The Hall–Kier alpha value is -2.00. The van der Waals surface area contributed by atoms with Crippen LogP contribution in [0.2, 0.25) is 0 Å². The summed E-state index contributed by atoms with van der Waals surface area (Å²) in [5.74, 6) is 0.244. The number of carbonyl (C=O) groups excluding carboxylic acids is 1. The van der Waals surface area contributed by atoms with Crippen molar-refractivity contribution in [3.63, 3.8) is 0 Å². The minimum atomic E-state index is -3.22. The number of benzene rings is 1. The Bertz CT molecular complexity index is 747. The van der Waals surface area contributed by atoms with Gasteiger partial charge in [0.1, 0.15) is 5.75 Å². The highest BCUT2D eigenvalue weighted by molar-refractivity contribution is 7.88. The quantitative estimate of drug-likeness (QED) is 0.801. The van der Waals surface area contributed by atoms with Gasteiger partial charge in [-0.25, -0.2) is 17.5 Å². The number of para-hydroxylation sites is 2. The molecule has 2 N–H and O–H groups in total. The Morgan fingerprint density at radius 1 is 1.15 bits per heavy atom. The molecule has 0 aromatic heterocycles. The van der Waals surface area contributed by atoms with E-state index >= 15 is 0 Å². The highest BCUT2D eigenvalue weighted by Crippen LogP contribution is 2.27. The van der Waals surface area contributed by atoms with Gasteiger partial charge in [0.05, 0.1) is 11.9 Å². The number of sulfonamides is 1. The lowest BCUT2D eigenvalue weighted by molar-refractivity contribution is 0.183. The average molecular weight is 382 g/mol. The predicted molar refractivity (Wildman–Crippen MR) is 99.9 cm³/mol. The van der Waals surface area contributed by atoms with Gasteiger partial charge in [0.2, 0.25) is 10.0 Å². The molecule has 144 valence electrons. The normalized spacial score (nSPS) is 22.3. The highest BCUT2D eigenvalue weighted by Gasteiger charge is 2.29. The molecule has 3 rings (SSSR count). The van der Waals surface area contributed by atoms with E-state index in [1.807, 2.05) is 12.1 Å². The first kappa shape index (κ1) is 18.8. The van der Waals surface area contributed by atoms with Crippen LogP contribution >= 0.6 is 0 Å². The second kappa shape index (κ2) is 7.71. The maximum absolute atomic E-state index is 12.5. The number of piperidine rings is 1. The van der Waals surface area contributed by atoms with Gasteiger partial charge in [-0.3, -0.25) is 0 Å². The Morgan fingerprint density at radius 2 is 1.85 bits per heavy atom. The standard InChI is InChI=1S/C17H26N4O4S/c1-26(24,25)21-8-4-5-14(13-21)18-17(23)20-11-9-19(10-12-20)15-6-2-3-7-16(15)22/h2-3,6-7,14,22H,4-5,8-13H2,1H3,(H,18,23). The molecule has 1 unspecified atom stereocenters. The summed E-state index contributed by atoms with van der Waals surface area (Å²) < 4.78 is 24.8. The van der Waals surface area contributed by atoms with E-state index in [9.17, 15) is 18.3 Å². The van der Waals surface area contributed by atoms with Crippen LogP contribution in [-0.4, -0.2) is 80.3 Å². The van der Waals surface area contributed by atoms with E-state index in [-0.39, 0.29) is 17.8 Å². The summed E-state index contributed by atoms with van der Waals surface area (Å²) in [5, 5.41) is 12.9. The van der Waals surface area contributed by atoms with Crippen molar-refractivity contribution in [2.24, 2.45) is 0 Å². The van der Waals surface area contributed by atoms with Crippen molar-refractivity contribution < 1.29 is 18.3 Å². The average Bonchev–Trinajstić information content (AvgIpc) is 2.62. The fourth-order valence-electron chi connectivity index (χ4n) is 3.51. The van der Waals surface area contributed by atoms with Crippen LogP contribution in [0.4, 0.5) is 10.5 Å². The minimum absolute atomic E-state index is 0.151. The summed E-state index contributed by atoms with van der Waals surface area (Å²) in [4.78, 5) is 16.3. The summed E-state index contributed by atoms with van der Waals surface area (Å²) in [6.07, 6.45) is 2.74. The number of nitrogens with one attached hydrogen (secondary N) is 1. The fraction of sp³-hybridized carbons (Fsp3) is 0.588. The summed E-state index contributed by atoms with van der Waals surface area (Å²) in [7, 11) is -3.22. The van der Waals surface area contributed by atoms with E-state index < -0.39 is 10.0 Å². The molecule has 2 aliphatic rings. The predicted octanol–water partition coefficient (Wildman–Crippen LogP) is 0.648. The largest absolute Gasteiger partial charge is 0.506 e. The smallest absolute Gasteiger partial charge is 0.317 e. The van der Waals surface area contributed by atoms with Crippen molar-refractivity contribution in [3.05, 3.63) is 24.3 Å². The van der Waals surface area contributed by atoms with Gasteiger partial charge in [-0.05, 0) is 25.0 Å². The van der Waals surface area contributed by atoms with Crippen LogP contribution in [0, 0.1) is 0 Å². The number of phenols is 1. The van der Waals surface area contributed by atoms with Crippen LogP contribution in [0.1, 0.15) is 12.8 Å². The molecular formula is C17H26N4O4S. The zero-order valence-corrected chi connectivity index (χ0v) is 15.8. The number of carbonyl (C=O) groups is 1. The third kappa shape index (κ3) is 4.39. The molecule has 9 heteroatoms. The number of hydrogen-bond acceptors (Lipinski definition) is 5. The second-order valence-electron chi connectivity index (χ2n) is 6.87. The van der Waals surface area contributed by atoms with Crippen molar-refractivity contribution in [1.82, 2.24) is 14.5 Å². The van der Waals surface area contributed by atoms with Gasteiger partial charge in [-0.1, -0.05) is 12.1 Å². The van der Waals surface area contributed by atoms with Crippen LogP contribution in [0.3, 0.4) is 0 Å². The molecule has 0 spiro atoms. The van der Waals surface area contributed by atoms with Crippen molar-refractivity contribution in [2.75, 3.05) is 50.4 Å². The number of rotatable bonds is 3. The number of phenolic OH excluding ortho intramolecular Hbond substituents is 1. The second-order valence-corrected chi connectivity index (χ2v) is 8.85. The monoisotopic (exact) mass is 382 g/mol. The van der Waals surface area contributed by atoms with E-state index in [2.05, 4.69) is 10.2 Å². The third-order valence-corrected chi connectivity index (χ3v) is 6.24. The van der Waals surface area contributed by atoms with Gasteiger partial charge in [0.15, 0.2) is 0 Å². The first-order valence-electron chi connectivity index (χ1n) is 8.88. The topological polar surface area (TPSA) is 93.2 Å². The molecule has 1 atom stereocenters. The molecule has 8 nitrogen and oxygen atoms in total. The Kier molecular flexibility index (Phi) is 5.57. The van der Waals surface area contributed by atoms with Crippen LogP contribution < -0.4 is 10.2 Å². The zero-order chi connectivity index (χ0) is 18.7. The number of nitrogens with zero attached hydrogens (tertiary/aromatic N) is 3. The van der Waals surface area contributed by atoms with Crippen LogP contribution in [-0.2, 0) is 10.0 Å². The molecule has 1 aromatic carbocycles. The first-order valence-corrected chi connectivity index (χ1v) is 10.7. The van der Waals surface area contributed by atoms with Crippen molar-refractivity contribution in [2.45, 2.75) is 18.9 Å². The number of anilines is 1. The summed E-state index contributed by atoms with van der Waals surface area (Å²) in [5.41, 5.74) is 0.781. The number of hydrogen-bond donors (Lipinski definition) is 2. The molecule has 2 amide bonds. The first-order chi connectivity index (χ1) is 12.3. The van der Waals surface area contributed by atoms with Crippen molar-refractivity contribution in [3.8, 4) is 5.75 Å². The van der Waals surface area contributed by atoms with Crippen LogP contribution in [0.5, 0.6) is 5.75 Å². The maximum Gasteiger partial charge on any atom is 0.317 e. The minimum Gasteiger partial charge on any atom is -0.506 e. The van der Waals surface area contributed by atoms with Gasteiger partial charge in [-0.2, -0.15) is 0 Å². The number of aromatic hydroxyl groups is 1. The molecule has 0 saturated carbocycles. The molecule has 1 aromatic rings. The summed E-state index contributed by atoms with van der Waals surface area (Å²) >= 11 is 0. The lowest BCUT2D eigenvalue weighted by Gasteiger charge is -2.38.